The molecule has 1 aliphatic rings. The highest BCUT2D eigenvalue weighted by molar-refractivity contribution is 8.13. The SMILES string of the molecule is CO[C@@H]1C(CCSC(=O)O)O[C@@H](C(C)(C)OC(C)C)[C@@H](O)[C@H]1O. The van der Waals surface area contributed by atoms with E-state index in [0.29, 0.717) is 12.2 Å². The van der Waals surface area contributed by atoms with E-state index in [2.05, 4.69) is 0 Å². The summed E-state index contributed by atoms with van der Waals surface area (Å²) in [7, 11) is 1.43. The Hall–Kier alpha value is -0.380. The van der Waals surface area contributed by atoms with Gasteiger partial charge < -0.3 is 29.5 Å². The summed E-state index contributed by atoms with van der Waals surface area (Å²) in [5.74, 6) is 0.320. The van der Waals surface area contributed by atoms with Gasteiger partial charge >= 0.3 is 5.30 Å². The lowest BCUT2D eigenvalue weighted by Gasteiger charge is -2.48. The molecule has 0 saturated carbocycles. The molecular formula is C15H28O7S. The maximum absolute atomic E-state index is 10.6. The topological polar surface area (TPSA) is 105 Å². The second-order valence-corrected chi connectivity index (χ2v) is 7.50. The third kappa shape index (κ3) is 5.58. The molecule has 1 saturated heterocycles. The fourth-order valence-electron chi connectivity index (χ4n) is 2.98. The molecule has 0 aromatic heterocycles. The Balaban J connectivity index is 2.86. The largest absolute Gasteiger partial charge is 0.473 e. The molecule has 0 spiro atoms. The van der Waals surface area contributed by atoms with Gasteiger partial charge in [-0.15, -0.1) is 0 Å². The van der Waals surface area contributed by atoms with Crippen LogP contribution in [0.4, 0.5) is 4.79 Å². The molecule has 5 atom stereocenters. The number of thioether (sulfide) groups is 1. The zero-order valence-corrected chi connectivity index (χ0v) is 15.1. The van der Waals surface area contributed by atoms with Crippen LogP contribution in [0.15, 0.2) is 0 Å². The van der Waals surface area contributed by atoms with E-state index in [0.717, 1.165) is 11.8 Å². The van der Waals surface area contributed by atoms with Gasteiger partial charge in [-0.05, 0) is 45.9 Å². The van der Waals surface area contributed by atoms with E-state index in [9.17, 15) is 15.0 Å². The summed E-state index contributed by atoms with van der Waals surface area (Å²) in [5, 5.41) is 28.5. The van der Waals surface area contributed by atoms with Crippen molar-refractivity contribution in [2.45, 2.75) is 76.3 Å². The van der Waals surface area contributed by atoms with Gasteiger partial charge in [-0.2, -0.15) is 0 Å². The maximum atomic E-state index is 10.6. The third-order valence-electron chi connectivity index (χ3n) is 3.81. The molecule has 1 heterocycles. The van der Waals surface area contributed by atoms with Crippen LogP contribution in [0.25, 0.3) is 0 Å². The van der Waals surface area contributed by atoms with Crippen molar-refractivity contribution in [3.63, 3.8) is 0 Å². The molecule has 136 valence electrons. The van der Waals surface area contributed by atoms with Crippen molar-refractivity contribution in [2.24, 2.45) is 0 Å². The average Bonchev–Trinajstić information content (AvgIpc) is 2.40. The Morgan fingerprint density at radius 1 is 1.30 bits per heavy atom. The molecule has 0 amide bonds. The highest BCUT2D eigenvalue weighted by Gasteiger charge is 2.50. The lowest BCUT2D eigenvalue weighted by molar-refractivity contribution is -0.275. The molecule has 1 aliphatic heterocycles. The summed E-state index contributed by atoms with van der Waals surface area (Å²) < 4.78 is 17.0. The van der Waals surface area contributed by atoms with Gasteiger partial charge in [-0.1, -0.05) is 0 Å². The summed E-state index contributed by atoms with van der Waals surface area (Å²) in [6, 6.07) is 0. The van der Waals surface area contributed by atoms with Gasteiger partial charge in [0.1, 0.15) is 24.4 Å². The van der Waals surface area contributed by atoms with Crippen molar-refractivity contribution in [3.8, 4) is 0 Å². The normalized spacial score (nSPS) is 32.3. The lowest BCUT2D eigenvalue weighted by Crippen LogP contribution is -2.64. The van der Waals surface area contributed by atoms with E-state index in [1.165, 1.54) is 7.11 Å². The number of carbonyl (C=O) groups is 1. The molecule has 8 heteroatoms. The Bertz CT molecular complexity index is 388. The predicted molar refractivity (Wildman–Crippen MR) is 86.9 cm³/mol. The number of aliphatic hydroxyl groups is 2. The smallest absolute Gasteiger partial charge is 0.364 e. The zero-order valence-electron chi connectivity index (χ0n) is 14.3. The highest BCUT2D eigenvalue weighted by atomic mass is 32.2. The molecule has 0 aliphatic carbocycles. The van der Waals surface area contributed by atoms with Crippen molar-refractivity contribution in [3.05, 3.63) is 0 Å². The van der Waals surface area contributed by atoms with Gasteiger partial charge in [0.2, 0.25) is 0 Å². The molecule has 7 nitrogen and oxygen atoms in total. The first-order valence-electron chi connectivity index (χ1n) is 7.68. The zero-order chi connectivity index (χ0) is 17.8. The summed E-state index contributed by atoms with van der Waals surface area (Å²) >= 11 is 0.765. The Labute approximate surface area is 141 Å². The molecule has 1 fully saturated rings. The summed E-state index contributed by atoms with van der Waals surface area (Å²) in [6.07, 6.45) is -3.96. The first kappa shape index (κ1) is 20.7. The number of aliphatic hydroxyl groups excluding tert-OH is 2. The molecule has 0 radical (unpaired) electrons. The third-order valence-corrected chi connectivity index (χ3v) is 4.50. The van der Waals surface area contributed by atoms with Crippen molar-refractivity contribution in [1.29, 1.82) is 0 Å². The van der Waals surface area contributed by atoms with Crippen LogP contribution >= 0.6 is 11.8 Å². The quantitative estimate of drug-likeness (QED) is 0.633. The van der Waals surface area contributed by atoms with Crippen LogP contribution in [0.2, 0.25) is 0 Å². The lowest BCUT2D eigenvalue weighted by atomic mass is 9.86. The van der Waals surface area contributed by atoms with Gasteiger partial charge in [-0.25, -0.2) is 4.79 Å². The van der Waals surface area contributed by atoms with Crippen LogP contribution in [0.1, 0.15) is 34.1 Å². The minimum Gasteiger partial charge on any atom is -0.473 e. The van der Waals surface area contributed by atoms with Crippen LogP contribution in [-0.4, -0.2) is 75.7 Å². The number of hydrogen-bond acceptors (Lipinski definition) is 7. The Morgan fingerprint density at radius 2 is 1.91 bits per heavy atom. The summed E-state index contributed by atoms with van der Waals surface area (Å²) in [4.78, 5) is 10.6. The van der Waals surface area contributed by atoms with E-state index < -0.39 is 41.4 Å². The van der Waals surface area contributed by atoms with Gasteiger partial charge in [0, 0.05) is 12.9 Å². The van der Waals surface area contributed by atoms with E-state index in [4.69, 9.17) is 19.3 Å². The molecule has 1 unspecified atom stereocenters. The first-order chi connectivity index (χ1) is 10.6. The average molecular weight is 352 g/mol. The fourth-order valence-corrected chi connectivity index (χ4v) is 3.50. The number of ether oxygens (including phenoxy) is 3. The van der Waals surface area contributed by atoms with E-state index in [1.807, 2.05) is 13.8 Å². The van der Waals surface area contributed by atoms with Gasteiger partial charge in [0.15, 0.2) is 0 Å². The fraction of sp³-hybridized carbons (Fsp3) is 0.933. The number of rotatable bonds is 7. The molecular weight excluding hydrogens is 324 g/mol. The molecule has 0 bridgehead atoms. The van der Waals surface area contributed by atoms with Crippen LogP contribution in [-0.2, 0) is 14.2 Å². The van der Waals surface area contributed by atoms with Crippen LogP contribution in [0, 0.1) is 0 Å². The number of methoxy groups -OCH3 is 1. The monoisotopic (exact) mass is 352 g/mol. The molecule has 0 aromatic carbocycles. The predicted octanol–water partition coefficient (Wildman–Crippen LogP) is 1.50. The Morgan fingerprint density at radius 3 is 2.39 bits per heavy atom. The first-order valence-corrected chi connectivity index (χ1v) is 8.66. The number of carboxylic acid groups (broad SMARTS) is 1. The van der Waals surface area contributed by atoms with Crippen molar-refractivity contribution < 1.29 is 34.3 Å². The van der Waals surface area contributed by atoms with Crippen LogP contribution < -0.4 is 0 Å². The summed E-state index contributed by atoms with van der Waals surface area (Å²) in [5.41, 5.74) is -0.814. The van der Waals surface area contributed by atoms with Crippen molar-refractivity contribution in [1.82, 2.24) is 0 Å². The molecule has 3 N–H and O–H groups in total. The van der Waals surface area contributed by atoms with Gasteiger partial charge in [-0.3, -0.25) is 0 Å². The van der Waals surface area contributed by atoms with Gasteiger partial charge in [0.25, 0.3) is 0 Å². The minimum atomic E-state index is -1.16. The highest BCUT2D eigenvalue weighted by Crippen LogP contribution is 2.33. The Kier molecular flexibility index (Phi) is 7.76. The summed E-state index contributed by atoms with van der Waals surface area (Å²) in [6.45, 7) is 7.35. The van der Waals surface area contributed by atoms with Crippen molar-refractivity contribution >= 4 is 17.1 Å². The molecule has 1 rings (SSSR count). The van der Waals surface area contributed by atoms with E-state index in [-0.39, 0.29) is 6.10 Å². The standard InChI is InChI=1S/C15H28O7S/c1-8(2)22-15(3,4)13-11(17)10(16)12(20-5)9(21-13)6-7-23-14(18)19/h8-13,16-17H,6-7H2,1-5H3,(H,18,19)/t9?,10-,11+,12-,13-/m1/s1. The van der Waals surface area contributed by atoms with Gasteiger partial charge in [0.05, 0.1) is 17.8 Å². The maximum Gasteiger partial charge on any atom is 0.364 e. The van der Waals surface area contributed by atoms with Crippen molar-refractivity contribution in [2.75, 3.05) is 12.9 Å². The second-order valence-electron chi connectivity index (χ2n) is 6.45. The number of hydrogen-bond donors (Lipinski definition) is 3. The molecule has 23 heavy (non-hydrogen) atoms. The van der Waals surface area contributed by atoms with E-state index >= 15 is 0 Å². The van der Waals surface area contributed by atoms with E-state index in [1.54, 1.807) is 13.8 Å². The molecule has 0 aromatic rings. The van der Waals surface area contributed by atoms with Crippen LogP contribution in [0.5, 0.6) is 0 Å². The van der Waals surface area contributed by atoms with Crippen LogP contribution in [0.3, 0.4) is 0 Å². The second kappa shape index (κ2) is 8.64. The minimum absolute atomic E-state index is 0.0703.